The standard InChI is InChI=1S/C13H12BrClN2S/c1-7-9(14)6-11(18-7)13-16-10-5-3-2-4-8(10)12(15)17-13/h6H,2-5H2,1H3. The van der Waals surface area contributed by atoms with Crippen LogP contribution in [-0.4, -0.2) is 9.97 Å². The Bertz CT molecular complexity index is 590. The Labute approximate surface area is 124 Å². The SMILES string of the molecule is Cc1sc(-c2nc(Cl)c3c(n2)CCCC3)cc1Br. The molecule has 0 unspecified atom stereocenters. The molecule has 2 aromatic rings. The van der Waals surface area contributed by atoms with E-state index in [0.717, 1.165) is 39.3 Å². The predicted octanol–water partition coefficient (Wildman–Crippen LogP) is 4.81. The fourth-order valence-electron chi connectivity index (χ4n) is 2.23. The van der Waals surface area contributed by atoms with Crippen LogP contribution < -0.4 is 0 Å². The molecule has 1 aliphatic carbocycles. The van der Waals surface area contributed by atoms with Crippen LogP contribution in [0.4, 0.5) is 0 Å². The van der Waals surface area contributed by atoms with E-state index >= 15 is 0 Å². The molecule has 0 N–H and O–H groups in total. The quantitative estimate of drug-likeness (QED) is 0.695. The topological polar surface area (TPSA) is 25.8 Å². The third-order valence-electron chi connectivity index (χ3n) is 3.21. The van der Waals surface area contributed by atoms with E-state index in [9.17, 15) is 0 Å². The van der Waals surface area contributed by atoms with Gasteiger partial charge in [-0.1, -0.05) is 11.6 Å². The molecule has 2 heterocycles. The van der Waals surface area contributed by atoms with Crippen LogP contribution in [0.3, 0.4) is 0 Å². The van der Waals surface area contributed by atoms with E-state index in [2.05, 4.69) is 33.9 Å². The fourth-order valence-corrected chi connectivity index (χ4v) is 3.98. The first-order valence-corrected chi connectivity index (χ1v) is 7.95. The van der Waals surface area contributed by atoms with Crippen molar-refractivity contribution in [3.63, 3.8) is 0 Å². The van der Waals surface area contributed by atoms with E-state index in [4.69, 9.17) is 16.6 Å². The summed E-state index contributed by atoms with van der Waals surface area (Å²) in [4.78, 5) is 11.5. The van der Waals surface area contributed by atoms with Gasteiger partial charge in [0.2, 0.25) is 0 Å². The van der Waals surface area contributed by atoms with Crippen LogP contribution in [-0.2, 0) is 12.8 Å². The number of nitrogens with zero attached hydrogens (tertiary/aromatic N) is 2. The van der Waals surface area contributed by atoms with Crippen molar-refractivity contribution < 1.29 is 0 Å². The van der Waals surface area contributed by atoms with Crippen molar-refractivity contribution in [2.24, 2.45) is 0 Å². The van der Waals surface area contributed by atoms with Crippen molar-refractivity contribution in [2.45, 2.75) is 32.6 Å². The molecule has 0 aromatic carbocycles. The molecule has 18 heavy (non-hydrogen) atoms. The summed E-state index contributed by atoms with van der Waals surface area (Å²) in [7, 11) is 0. The molecule has 5 heteroatoms. The van der Waals surface area contributed by atoms with E-state index in [1.165, 1.54) is 17.7 Å². The Morgan fingerprint density at radius 2 is 2.06 bits per heavy atom. The van der Waals surface area contributed by atoms with Crippen LogP contribution in [0.25, 0.3) is 10.7 Å². The second-order valence-corrected chi connectivity index (χ2v) is 6.95. The number of rotatable bonds is 1. The molecule has 94 valence electrons. The van der Waals surface area contributed by atoms with Gasteiger partial charge in [0, 0.05) is 20.6 Å². The van der Waals surface area contributed by atoms with Crippen LogP contribution in [0.1, 0.15) is 29.0 Å². The lowest BCUT2D eigenvalue weighted by Gasteiger charge is -2.16. The van der Waals surface area contributed by atoms with Crippen LogP contribution in [0.5, 0.6) is 0 Å². The first-order valence-electron chi connectivity index (χ1n) is 5.97. The lowest BCUT2D eigenvalue weighted by Crippen LogP contribution is -2.08. The summed E-state index contributed by atoms with van der Waals surface area (Å²) < 4.78 is 1.11. The zero-order valence-corrected chi connectivity index (χ0v) is 13.1. The minimum atomic E-state index is 0.636. The van der Waals surface area contributed by atoms with Crippen molar-refractivity contribution in [1.29, 1.82) is 0 Å². The maximum atomic E-state index is 6.29. The van der Waals surface area contributed by atoms with Gasteiger partial charge in [-0.05, 0) is 54.6 Å². The minimum Gasteiger partial charge on any atom is -0.232 e. The molecular weight excluding hydrogens is 332 g/mol. The number of hydrogen-bond acceptors (Lipinski definition) is 3. The molecule has 0 radical (unpaired) electrons. The molecule has 0 aliphatic heterocycles. The van der Waals surface area contributed by atoms with Gasteiger partial charge >= 0.3 is 0 Å². The van der Waals surface area contributed by atoms with Crippen molar-refractivity contribution in [3.05, 3.63) is 31.8 Å². The Balaban J connectivity index is 2.10. The Hall–Kier alpha value is -0.450. The molecule has 0 spiro atoms. The first-order chi connectivity index (χ1) is 8.65. The van der Waals surface area contributed by atoms with Crippen LogP contribution in [0.15, 0.2) is 10.5 Å². The molecule has 2 aromatic heterocycles. The third-order valence-corrected chi connectivity index (χ3v) is 5.66. The number of thiophene rings is 1. The van der Waals surface area contributed by atoms with E-state index in [0.29, 0.717) is 5.15 Å². The zero-order valence-electron chi connectivity index (χ0n) is 9.96. The van der Waals surface area contributed by atoms with Gasteiger partial charge in [0.15, 0.2) is 5.82 Å². The number of hydrogen-bond donors (Lipinski definition) is 0. The summed E-state index contributed by atoms with van der Waals surface area (Å²) in [5.74, 6) is 0.763. The monoisotopic (exact) mass is 342 g/mol. The molecular formula is C13H12BrClN2S. The van der Waals surface area contributed by atoms with Crippen molar-refractivity contribution in [1.82, 2.24) is 9.97 Å². The molecule has 0 bridgehead atoms. The van der Waals surface area contributed by atoms with E-state index in [1.54, 1.807) is 11.3 Å². The van der Waals surface area contributed by atoms with E-state index < -0.39 is 0 Å². The highest BCUT2D eigenvalue weighted by Crippen LogP contribution is 2.34. The molecule has 0 fully saturated rings. The number of aryl methyl sites for hydroxylation is 2. The highest BCUT2D eigenvalue weighted by Gasteiger charge is 2.18. The molecule has 0 saturated carbocycles. The maximum absolute atomic E-state index is 6.29. The Morgan fingerprint density at radius 3 is 2.78 bits per heavy atom. The van der Waals surface area contributed by atoms with E-state index in [1.807, 2.05) is 0 Å². The second-order valence-electron chi connectivity index (χ2n) is 4.49. The number of halogens is 2. The summed E-state index contributed by atoms with van der Waals surface area (Å²) in [6.07, 6.45) is 4.43. The third kappa shape index (κ3) is 2.22. The van der Waals surface area contributed by atoms with Crippen LogP contribution in [0.2, 0.25) is 5.15 Å². The van der Waals surface area contributed by atoms with Gasteiger partial charge in [-0.3, -0.25) is 0 Å². The zero-order chi connectivity index (χ0) is 12.7. The highest BCUT2D eigenvalue weighted by atomic mass is 79.9. The largest absolute Gasteiger partial charge is 0.232 e. The fraction of sp³-hybridized carbons (Fsp3) is 0.385. The lowest BCUT2D eigenvalue weighted by molar-refractivity contribution is 0.664. The summed E-state index contributed by atoms with van der Waals surface area (Å²) in [6, 6.07) is 2.07. The van der Waals surface area contributed by atoms with Gasteiger partial charge in [-0.15, -0.1) is 11.3 Å². The normalized spacial score (nSPS) is 14.6. The van der Waals surface area contributed by atoms with Crippen molar-refractivity contribution >= 4 is 38.9 Å². The maximum Gasteiger partial charge on any atom is 0.171 e. The number of fused-ring (bicyclic) bond motifs is 1. The Morgan fingerprint density at radius 1 is 1.28 bits per heavy atom. The van der Waals surface area contributed by atoms with Crippen LogP contribution in [0, 0.1) is 6.92 Å². The highest BCUT2D eigenvalue weighted by molar-refractivity contribution is 9.10. The minimum absolute atomic E-state index is 0.636. The average Bonchev–Trinajstić information content (AvgIpc) is 2.70. The molecule has 2 nitrogen and oxygen atoms in total. The molecule has 3 rings (SSSR count). The summed E-state index contributed by atoms with van der Waals surface area (Å²) in [5.41, 5.74) is 2.29. The van der Waals surface area contributed by atoms with Crippen molar-refractivity contribution in [2.75, 3.05) is 0 Å². The smallest absolute Gasteiger partial charge is 0.171 e. The number of aromatic nitrogens is 2. The molecule has 0 saturated heterocycles. The van der Waals surface area contributed by atoms with Gasteiger partial charge in [0.1, 0.15) is 5.15 Å². The average molecular weight is 344 g/mol. The second kappa shape index (κ2) is 4.91. The van der Waals surface area contributed by atoms with Crippen LogP contribution >= 0.6 is 38.9 Å². The van der Waals surface area contributed by atoms with Gasteiger partial charge in [0.05, 0.1) is 4.88 Å². The molecule has 1 aliphatic rings. The van der Waals surface area contributed by atoms with E-state index in [-0.39, 0.29) is 0 Å². The molecule has 0 amide bonds. The van der Waals surface area contributed by atoms with Crippen molar-refractivity contribution in [3.8, 4) is 10.7 Å². The lowest BCUT2D eigenvalue weighted by atomic mass is 9.97. The predicted molar refractivity (Wildman–Crippen MR) is 79.4 cm³/mol. The van der Waals surface area contributed by atoms with Gasteiger partial charge in [0.25, 0.3) is 0 Å². The van der Waals surface area contributed by atoms with Gasteiger partial charge in [-0.25, -0.2) is 9.97 Å². The summed E-state index contributed by atoms with van der Waals surface area (Å²) in [5, 5.41) is 0.636. The molecule has 0 atom stereocenters. The first kappa shape index (κ1) is 12.6. The summed E-state index contributed by atoms with van der Waals surface area (Å²) in [6.45, 7) is 2.08. The Kier molecular flexibility index (Phi) is 3.43. The van der Waals surface area contributed by atoms with Gasteiger partial charge < -0.3 is 0 Å². The summed E-state index contributed by atoms with van der Waals surface area (Å²) >= 11 is 11.5. The van der Waals surface area contributed by atoms with Gasteiger partial charge in [-0.2, -0.15) is 0 Å².